The highest BCUT2D eigenvalue weighted by molar-refractivity contribution is 6.00. The molecule has 1 unspecified atom stereocenters. The molecule has 148 valence electrons. The number of benzene rings is 2. The number of nitrogens with zero attached hydrogens (tertiary/aromatic N) is 1. The number of hydrogen-bond donors (Lipinski definition) is 4. The lowest BCUT2D eigenvalue weighted by molar-refractivity contribution is 0.100. The maximum absolute atomic E-state index is 11.4. The molecule has 29 heavy (non-hydrogen) atoms. The van der Waals surface area contributed by atoms with E-state index in [0.29, 0.717) is 11.5 Å². The summed E-state index contributed by atoms with van der Waals surface area (Å²) < 4.78 is 5.43. The van der Waals surface area contributed by atoms with Crippen LogP contribution in [0.4, 0.5) is 0 Å². The third-order valence-electron chi connectivity index (χ3n) is 5.57. The van der Waals surface area contributed by atoms with Crippen molar-refractivity contribution in [1.29, 1.82) is 0 Å². The first-order valence-corrected chi connectivity index (χ1v) is 9.86. The second-order valence-electron chi connectivity index (χ2n) is 7.66. The Morgan fingerprint density at radius 3 is 2.97 bits per heavy atom. The number of H-pyrrole nitrogens is 2. The summed E-state index contributed by atoms with van der Waals surface area (Å²) in [7, 11) is 0. The molecule has 1 aliphatic rings. The van der Waals surface area contributed by atoms with E-state index in [4.69, 9.17) is 10.5 Å². The van der Waals surface area contributed by atoms with Crippen LogP contribution in [0.3, 0.4) is 0 Å². The summed E-state index contributed by atoms with van der Waals surface area (Å²) in [5, 5.41) is 13.1. The molecule has 1 atom stereocenters. The predicted octanol–water partition coefficient (Wildman–Crippen LogP) is 2.94. The van der Waals surface area contributed by atoms with Gasteiger partial charge in [-0.1, -0.05) is 6.07 Å². The zero-order chi connectivity index (χ0) is 19.8. The number of fused-ring (bicyclic) bond motifs is 2. The van der Waals surface area contributed by atoms with E-state index in [0.717, 1.165) is 65.9 Å². The van der Waals surface area contributed by atoms with Gasteiger partial charge in [-0.15, -0.1) is 0 Å². The minimum absolute atomic E-state index is 0.449. The quantitative estimate of drug-likeness (QED) is 0.406. The molecule has 1 fully saturated rings. The maximum Gasteiger partial charge on any atom is 0.248 e. The minimum Gasteiger partial charge on any atom is -0.381 e. The summed E-state index contributed by atoms with van der Waals surface area (Å²) >= 11 is 0. The highest BCUT2D eigenvalue weighted by Crippen LogP contribution is 2.29. The number of carbonyl (C=O) groups excluding carboxylic acids is 1. The van der Waals surface area contributed by atoms with Crippen LogP contribution in [-0.2, 0) is 11.3 Å². The molecule has 7 nitrogen and oxygen atoms in total. The van der Waals surface area contributed by atoms with Crippen molar-refractivity contribution in [2.24, 2.45) is 11.7 Å². The largest absolute Gasteiger partial charge is 0.381 e. The van der Waals surface area contributed by atoms with Gasteiger partial charge >= 0.3 is 0 Å². The van der Waals surface area contributed by atoms with Gasteiger partial charge in [0.05, 0.1) is 17.8 Å². The van der Waals surface area contributed by atoms with E-state index in [2.05, 4.69) is 44.8 Å². The van der Waals surface area contributed by atoms with Gasteiger partial charge in [-0.3, -0.25) is 9.89 Å². The van der Waals surface area contributed by atoms with Crippen LogP contribution in [0.5, 0.6) is 0 Å². The lowest BCUT2D eigenvalue weighted by Gasteiger charge is -2.09. The Bertz CT molecular complexity index is 1190. The van der Waals surface area contributed by atoms with Gasteiger partial charge in [0, 0.05) is 41.5 Å². The smallest absolute Gasteiger partial charge is 0.248 e. The molecule has 5 rings (SSSR count). The van der Waals surface area contributed by atoms with Crippen molar-refractivity contribution in [2.45, 2.75) is 13.0 Å². The van der Waals surface area contributed by atoms with Gasteiger partial charge in [0.2, 0.25) is 5.91 Å². The second-order valence-corrected chi connectivity index (χ2v) is 7.66. The van der Waals surface area contributed by atoms with E-state index in [1.807, 2.05) is 6.07 Å². The van der Waals surface area contributed by atoms with Crippen molar-refractivity contribution in [3.63, 3.8) is 0 Å². The lowest BCUT2D eigenvalue weighted by atomic mass is 10.1. The normalized spacial score (nSPS) is 16.8. The number of ether oxygens (including phenoxy) is 1. The fraction of sp³-hybridized carbons (Fsp3) is 0.273. The SMILES string of the molecule is NC(=O)c1ccc2c(-c3cc4cc(CNCC5CCOC5)ccc4[nH]3)n[nH]c2c1. The van der Waals surface area contributed by atoms with Crippen LogP contribution >= 0.6 is 0 Å². The van der Waals surface area contributed by atoms with Crippen LogP contribution in [0.15, 0.2) is 42.5 Å². The van der Waals surface area contributed by atoms with E-state index in [1.54, 1.807) is 12.1 Å². The van der Waals surface area contributed by atoms with Gasteiger partial charge in [0.1, 0.15) is 5.69 Å². The molecule has 1 saturated heterocycles. The number of carbonyl (C=O) groups is 1. The lowest BCUT2D eigenvalue weighted by Crippen LogP contribution is -2.22. The molecule has 1 amide bonds. The number of nitrogens with one attached hydrogen (secondary N) is 3. The maximum atomic E-state index is 11.4. The molecular formula is C22H23N5O2. The average Bonchev–Trinajstić information content (AvgIpc) is 3.46. The van der Waals surface area contributed by atoms with Crippen LogP contribution in [-0.4, -0.2) is 40.8 Å². The Kier molecular flexibility index (Phi) is 4.54. The Morgan fingerprint density at radius 1 is 1.21 bits per heavy atom. The topological polar surface area (TPSA) is 109 Å². The van der Waals surface area contributed by atoms with Crippen LogP contribution in [0.1, 0.15) is 22.3 Å². The number of aromatic nitrogens is 3. The molecule has 0 radical (unpaired) electrons. The molecule has 0 spiro atoms. The Balaban J connectivity index is 1.38. The standard InChI is InChI=1S/C22H23N5O2/c23-22(28)15-2-3-17-19(8-15)26-27-21(17)20-9-16-7-13(1-4-18(16)25-20)10-24-11-14-5-6-29-12-14/h1-4,7-9,14,24-25H,5-6,10-12H2,(H2,23,28)(H,26,27). The molecule has 7 heteroatoms. The molecule has 2 aromatic carbocycles. The molecule has 4 aromatic rings. The fourth-order valence-corrected chi connectivity index (χ4v) is 3.96. The van der Waals surface area contributed by atoms with Crippen molar-refractivity contribution in [3.8, 4) is 11.4 Å². The first-order chi connectivity index (χ1) is 14.2. The molecule has 0 aliphatic carbocycles. The minimum atomic E-state index is -0.449. The number of amides is 1. The van der Waals surface area contributed by atoms with E-state index in [1.165, 1.54) is 5.56 Å². The summed E-state index contributed by atoms with van der Waals surface area (Å²) in [4.78, 5) is 14.8. The van der Waals surface area contributed by atoms with Crippen molar-refractivity contribution >= 4 is 27.7 Å². The van der Waals surface area contributed by atoms with E-state index < -0.39 is 5.91 Å². The fourth-order valence-electron chi connectivity index (χ4n) is 3.96. The first kappa shape index (κ1) is 17.9. The molecule has 1 aliphatic heterocycles. The van der Waals surface area contributed by atoms with Gasteiger partial charge < -0.3 is 20.8 Å². The van der Waals surface area contributed by atoms with Crippen molar-refractivity contribution in [2.75, 3.05) is 19.8 Å². The predicted molar refractivity (Wildman–Crippen MR) is 113 cm³/mol. The molecular weight excluding hydrogens is 366 g/mol. The first-order valence-electron chi connectivity index (χ1n) is 9.86. The summed E-state index contributed by atoms with van der Waals surface area (Å²) in [6, 6.07) is 13.9. The van der Waals surface area contributed by atoms with Crippen LogP contribution in [0.25, 0.3) is 33.2 Å². The van der Waals surface area contributed by atoms with E-state index in [9.17, 15) is 4.79 Å². The molecule has 3 heterocycles. The number of nitrogens with two attached hydrogens (primary N) is 1. The summed E-state index contributed by atoms with van der Waals surface area (Å²) in [6.45, 7) is 3.58. The van der Waals surface area contributed by atoms with Gasteiger partial charge in [0.15, 0.2) is 0 Å². The highest BCUT2D eigenvalue weighted by Gasteiger charge is 2.15. The zero-order valence-electron chi connectivity index (χ0n) is 16.0. The molecule has 0 saturated carbocycles. The van der Waals surface area contributed by atoms with Gasteiger partial charge in [-0.05, 0) is 54.3 Å². The average molecular weight is 389 g/mol. The van der Waals surface area contributed by atoms with Crippen LogP contribution in [0.2, 0.25) is 0 Å². The van der Waals surface area contributed by atoms with Crippen LogP contribution in [0, 0.1) is 5.92 Å². The molecule has 5 N–H and O–H groups in total. The third-order valence-corrected chi connectivity index (χ3v) is 5.57. The van der Waals surface area contributed by atoms with Gasteiger partial charge in [0.25, 0.3) is 0 Å². The zero-order valence-corrected chi connectivity index (χ0v) is 16.0. The Labute approximate surface area is 167 Å². The molecule has 0 bridgehead atoms. The summed E-state index contributed by atoms with van der Waals surface area (Å²) in [5.41, 5.74) is 10.7. The Morgan fingerprint density at radius 2 is 2.14 bits per heavy atom. The van der Waals surface area contributed by atoms with Gasteiger partial charge in [-0.25, -0.2) is 0 Å². The highest BCUT2D eigenvalue weighted by atomic mass is 16.5. The number of hydrogen-bond acceptors (Lipinski definition) is 4. The van der Waals surface area contributed by atoms with Gasteiger partial charge in [-0.2, -0.15) is 5.10 Å². The summed E-state index contributed by atoms with van der Waals surface area (Å²) in [5.74, 6) is 0.177. The van der Waals surface area contributed by atoms with Crippen LogP contribution < -0.4 is 11.1 Å². The Hall–Kier alpha value is -3.16. The molecule has 2 aromatic heterocycles. The number of primary amides is 1. The number of rotatable bonds is 6. The summed E-state index contributed by atoms with van der Waals surface area (Å²) in [6.07, 6.45) is 1.14. The third kappa shape index (κ3) is 3.50. The second kappa shape index (κ2) is 7.35. The monoisotopic (exact) mass is 389 g/mol. The van der Waals surface area contributed by atoms with Crippen molar-refractivity contribution < 1.29 is 9.53 Å². The van der Waals surface area contributed by atoms with Crippen molar-refractivity contribution in [3.05, 3.63) is 53.6 Å². The van der Waals surface area contributed by atoms with E-state index >= 15 is 0 Å². The van der Waals surface area contributed by atoms with E-state index in [-0.39, 0.29) is 0 Å². The number of aromatic amines is 2. The van der Waals surface area contributed by atoms with Crippen molar-refractivity contribution in [1.82, 2.24) is 20.5 Å².